The van der Waals surface area contributed by atoms with Gasteiger partial charge in [-0.1, -0.05) is 12.2 Å². The lowest BCUT2D eigenvalue weighted by Crippen LogP contribution is -2.31. The van der Waals surface area contributed by atoms with Gasteiger partial charge in [-0.2, -0.15) is 4.31 Å². The van der Waals surface area contributed by atoms with Gasteiger partial charge in [-0.25, -0.2) is 8.42 Å². The van der Waals surface area contributed by atoms with Crippen LogP contribution >= 0.6 is 15.9 Å². The van der Waals surface area contributed by atoms with Gasteiger partial charge in [-0.05, 0) is 34.1 Å². The zero-order valence-corrected chi connectivity index (χ0v) is 12.2. The predicted octanol–water partition coefficient (Wildman–Crippen LogP) is 2.39. The number of nitrogen functional groups attached to an aromatic ring is 1. The molecule has 98 valence electrons. The quantitative estimate of drug-likeness (QED) is 0.643. The van der Waals surface area contributed by atoms with Gasteiger partial charge in [0.2, 0.25) is 10.0 Å². The van der Waals surface area contributed by atoms with Crippen LogP contribution in [0.5, 0.6) is 0 Å². The minimum absolute atomic E-state index is 0.145. The summed E-state index contributed by atoms with van der Waals surface area (Å²) in [7, 11) is -3.61. The first-order valence-electron chi connectivity index (χ1n) is 5.20. The zero-order valence-electron chi connectivity index (χ0n) is 9.84. The number of hydrogen-bond acceptors (Lipinski definition) is 3. The number of rotatable bonds is 6. The Bertz CT molecular complexity index is 545. The Labute approximate surface area is 116 Å². The molecule has 0 fully saturated rings. The molecule has 0 aliphatic carbocycles. The summed E-state index contributed by atoms with van der Waals surface area (Å²) in [5.74, 6) is 0. The van der Waals surface area contributed by atoms with Crippen LogP contribution < -0.4 is 5.73 Å². The van der Waals surface area contributed by atoms with Crippen LogP contribution in [0.3, 0.4) is 0 Å². The lowest BCUT2D eigenvalue weighted by molar-refractivity contribution is 0.474. The fourth-order valence-corrected chi connectivity index (χ4v) is 3.76. The van der Waals surface area contributed by atoms with Gasteiger partial charge in [-0.3, -0.25) is 0 Å². The van der Waals surface area contributed by atoms with Crippen molar-refractivity contribution in [2.75, 3.05) is 18.8 Å². The van der Waals surface area contributed by atoms with Crippen molar-refractivity contribution in [2.24, 2.45) is 0 Å². The van der Waals surface area contributed by atoms with Crippen molar-refractivity contribution in [3.8, 4) is 0 Å². The molecule has 0 radical (unpaired) electrons. The average Bonchev–Trinajstić information content (AvgIpc) is 2.32. The molecule has 0 bridgehead atoms. The topological polar surface area (TPSA) is 63.4 Å². The van der Waals surface area contributed by atoms with Gasteiger partial charge in [-0.15, -0.1) is 13.2 Å². The molecule has 2 N–H and O–H groups in total. The van der Waals surface area contributed by atoms with E-state index in [1.54, 1.807) is 12.1 Å². The molecule has 0 saturated carbocycles. The summed E-state index contributed by atoms with van der Waals surface area (Å²) in [6.45, 7) is 7.54. The Morgan fingerprint density at radius 2 is 1.83 bits per heavy atom. The first-order valence-corrected chi connectivity index (χ1v) is 7.43. The van der Waals surface area contributed by atoms with E-state index >= 15 is 0 Å². The maximum Gasteiger partial charge on any atom is 0.244 e. The van der Waals surface area contributed by atoms with E-state index in [4.69, 9.17) is 5.73 Å². The maximum absolute atomic E-state index is 12.4. The van der Waals surface area contributed by atoms with Crippen molar-refractivity contribution in [1.82, 2.24) is 4.31 Å². The first kappa shape index (κ1) is 14.9. The van der Waals surface area contributed by atoms with Gasteiger partial charge in [0.25, 0.3) is 0 Å². The third kappa shape index (κ3) is 3.22. The molecule has 0 aliphatic heterocycles. The molecule has 0 saturated heterocycles. The van der Waals surface area contributed by atoms with E-state index in [0.29, 0.717) is 10.2 Å². The highest BCUT2D eigenvalue weighted by molar-refractivity contribution is 9.10. The molecule has 0 spiro atoms. The minimum atomic E-state index is -3.61. The maximum atomic E-state index is 12.4. The fourth-order valence-electron chi connectivity index (χ4n) is 1.42. The Balaban J connectivity index is 3.29. The number of benzene rings is 1. The van der Waals surface area contributed by atoms with Crippen molar-refractivity contribution >= 4 is 31.6 Å². The van der Waals surface area contributed by atoms with Gasteiger partial charge in [0.05, 0.1) is 4.90 Å². The van der Waals surface area contributed by atoms with Gasteiger partial charge in [0.15, 0.2) is 0 Å². The lowest BCUT2D eigenvalue weighted by Gasteiger charge is -2.20. The van der Waals surface area contributed by atoms with Crippen LogP contribution in [0, 0.1) is 0 Å². The zero-order chi connectivity index (χ0) is 13.8. The van der Waals surface area contributed by atoms with Crippen LogP contribution in [0.15, 0.2) is 52.9 Å². The number of halogens is 1. The summed E-state index contributed by atoms with van der Waals surface area (Å²) < 4.78 is 26.6. The molecule has 0 unspecified atom stereocenters. The number of anilines is 1. The standard InChI is InChI=1S/C12H15BrN2O2S/c1-3-7-15(8-4-2)18(16,17)12-9-10(14)5-6-11(12)13/h3-6,9H,1-2,7-8,14H2. The highest BCUT2D eigenvalue weighted by Crippen LogP contribution is 2.27. The third-order valence-electron chi connectivity index (χ3n) is 2.24. The highest BCUT2D eigenvalue weighted by Gasteiger charge is 2.24. The Morgan fingerprint density at radius 3 is 2.33 bits per heavy atom. The fraction of sp³-hybridized carbons (Fsp3) is 0.167. The van der Waals surface area contributed by atoms with Crippen LogP contribution in [-0.2, 0) is 10.0 Å². The number of nitrogens with zero attached hydrogens (tertiary/aromatic N) is 1. The normalized spacial score (nSPS) is 11.4. The second kappa shape index (κ2) is 6.17. The van der Waals surface area contributed by atoms with E-state index in [-0.39, 0.29) is 18.0 Å². The summed E-state index contributed by atoms with van der Waals surface area (Å²) >= 11 is 3.22. The Kier molecular flexibility index (Phi) is 5.13. The molecule has 0 amide bonds. The summed E-state index contributed by atoms with van der Waals surface area (Å²) in [5.41, 5.74) is 6.03. The summed E-state index contributed by atoms with van der Waals surface area (Å²) in [6.07, 6.45) is 3.06. The van der Waals surface area contributed by atoms with Gasteiger partial charge < -0.3 is 5.73 Å². The SMILES string of the molecule is C=CCN(CC=C)S(=O)(=O)c1cc(N)ccc1Br. The molecule has 4 nitrogen and oxygen atoms in total. The second-order valence-electron chi connectivity index (χ2n) is 3.59. The van der Waals surface area contributed by atoms with Crippen molar-refractivity contribution in [2.45, 2.75) is 4.90 Å². The lowest BCUT2D eigenvalue weighted by atomic mass is 10.3. The molecule has 6 heteroatoms. The first-order chi connectivity index (χ1) is 8.43. The van der Waals surface area contributed by atoms with Gasteiger partial charge >= 0.3 is 0 Å². The van der Waals surface area contributed by atoms with E-state index in [0.717, 1.165) is 0 Å². The van der Waals surface area contributed by atoms with E-state index in [2.05, 4.69) is 29.1 Å². The molecule has 1 aromatic rings. The van der Waals surface area contributed by atoms with E-state index < -0.39 is 10.0 Å². The van der Waals surface area contributed by atoms with Crippen molar-refractivity contribution < 1.29 is 8.42 Å². The largest absolute Gasteiger partial charge is 0.399 e. The summed E-state index contributed by atoms with van der Waals surface area (Å²) in [5, 5.41) is 0. The second-order valence-corrected chi connectivity index (χ2v) is 6.35. The number of sulfonamides is 1. The molecule has 0 atom stereocenters. The molecule has 0 heterocycles. The predicted molar refractivity (Wildman–Crippen MR) is 77.7 cm³/mol. The average molecular weight is 331 g/mol. The van der Waals surface area contributed by atoms with Crippen LogP contribution in [0.1, 0.15) is 0 Å². The number of nitrogens with two attached hydrogens (primary N) is 1. The van der Waals surface area contributed by atoms with E-state index in [1.165, 1.54) is 22.5 Å². The van der Waals surface area contributed by atoms with Gasteiger partial charge in [0.1, 0.15) is 0 Å². The molecule has 0 aliphatic rings. The molecular weight excluding hydrogens is 316 g/mol. The highest BCUT2D eigenvalue weighted by atomic mass is 79.9. The third-order valence-corrected chi connectivity index (χ3v) is 5.06. The minimum Gasteiger partial charge on any atom is -0.399 e. The summed E-state index contributed by atoms with van der Waals surface area (Å²) in [6, 6.07) is 4.68. The van der Waals surface area contributed by atoms with E-state index in [9.17, 15) is 8.42 Å². The molecule has 0 aromatic heterocycles. The molecule has 1 aromatic carbocycles. The Hall–Kier alpha value is -1.11. The smallest absolute Gasteiger partial charge is 0.244 e. The molecule has 18 heavy (non-hydrogen) atoms. The van der Waals surface area contributed by atoms with Crippen molar-refractivity contribution in [3.05, 3.63) is 48.0 Å². The summed E-state index contributed by atoms with van der Waals surface area (Å²) in [4.78, 5) is 0.145. The van der Waals surface area contributed by atoms with Crippen molar-refractivity contribution in [1.29, 1.82) is 0 Å². The monoisotopic (exact) mass is 330 g/mol. The Morgan fingerprint density at radius 1 is 1.28 bits per heavy atom. The van der Waals surface area contributed by atoms with E-state index in [1.807, 2.05) is 0 Å². The van der Waals surface area contributed by atoms with Gasteiger partial charge in [0, 0.05) is 23.2 Å². The van der Waals surface area contributed by atoms with Crippen molar-refractivity contribution in [3.63, 3.8) is 0 Å². The van der Waals surface area contributed by atoms with Crippen LogP contribution in [0.4, 0.5) is 5.69 Å². The van der Waals surface area contributed by atoms with Crippen LogP contribution in [0.25, 0.3) is 0 Å². The molecular formula is C12H15BrN2O2S. The number of hydrogen-bond donors (Lipinski definition) is 1. The van der Waals surface area contributed by atoms with Crippen LogP contribution in [0.2, 0.25) is 0 Å². The molecule has 1 rings (SSSR count). The van der Waals surface area contributed by atoms with Crippen LogP contribution in [-0.4, -0.2) is 25.8 Å².